The highest BCUT2D eigenvalue weighted by Gasteiger charge is 2.55. The van der Waals surface area contributed by atoms with Crippen LogP contribution in [0, 0.1) is 12.3 Å². The van der Waals surface area contributed by atoms with E-state index < -0.39 is 5.41 Å². The minimum absolute atomic E-state index is 0.212. The van der Waals surface area contributed by atoms with Crippen LogP contribution in [0.5, 0.6) is 5.75 Å². The van der Waals surface area contributed by atoms with E-state index in [0.717, 1.165) is 16.9 Å². The summed E-state index contributed by atoms with van der Waals surface area (Å²) in [5, 5.41) is 0. The fourth-order valence-corrected chi connectivity index (χ4v) is 3.18. The highest BCUT2D eigenvalue weighted by molar-refractivity contribution is 5.87. The van der Waals surface area contributed by atoms with Crippen LogP contribution in [-0.4, -0.2) is 20.2 Å². The molecule has 20 heavy (non-hydrogen) atoms. The first-order valence-electron chi connectivity index (χ1n) is 6.80. The van der Waals surface area contributed by atoms with Gasteiger partial charge in [-0.15, -0.1) is 0 Å². The number of ether oxygens (including phenoxy) is 2. The standard InChI is InChI=1S/C17H22O3/c1-12-7-8-14(19-4)13(11-12)17(15(18)20-5)10-6-9-16(17,2)3/h6-9,11H,10H2,1-5H3/t17-/m1/s1. The summed E-state index contributed by atoms with van der Waals surface area (Å²) in [7, 11) is 3.08. The van der Waals surface area contributed by atoms with Crippen molar-refractivity contribution >= 4 is 5.97 Å². The molecule has 1 atom stereocenters. The lowest BCUT2D eigenvalue weighted by Gasteiger charge is -2.39. The van der Waals surface area contributed by atoms with Gasteiger partial charge in [0, 0.05) is 11.0 Å². The predicted molar refractivity (Wildman–Crippen MR) is 79.0 cm³/mol. The van der Waals surface area contributed by atoms with E-state index in [9.17, 15) is 4.79 Å². The van der Waals surface area contributed by atoms with Gasteiger partial charge in [-0.25, -0.2) is 0 Å². The number of aryl methyl sites for hydroxylation is 1. The van der Waals surface area contributed by atoms with Crippen LogP contribution in [0.15, 0.2) is 30.4 Å². The van der Waals surface area contributed by atoms with Crippen molar-refractivity contribution in [2.24, 2.45) is 5.41 Å². The zero-order valence-corrected chi connectivity index (χ0v) is 12.8. The SMILES string of the molecule is COC(=O)[C@]1(c2cc(C)ccc2OC)CC=CC1(C)C. The molecule has 3 heteroatoms. The van der Waals surface area contributed by atoms with Crippen molar-refractivity contribution in [1.29, 1.82) is 0 Å². The Balaban J connectivity index is 2.72. The smallest absolute Gasteiger partial charge is 0.317 e. The quantitative estimate of drug-likeness (QED) is 0.626. The molecular weight excluding hydrogens is 252 g/mol. The second-order valence-electron chi connectivity index (χ2n) is 5.93. The Bertz CT molecular complexity index is 557. The van der Waals surface area contributed by atoms with Crippen molar-refractivity contribution in [3.05, 3.63) is 41.5 Å². The van der Waals surface area contributed by atoms with Crippen LogP contribution < -0.4 is 4.74 Å². The van der Waals surface area contributed by atoms with Crippen molar-refractivity contribution in [3.63, 3.8) is 0 Å². The number of carbonyl (C=O) groups excluding carboxylic acids is 1. The van der Waals surface area contributed by atoms with Crippen LogP contribution in [0.4, 0.5) is 0 Å². The third-order valence-electron chi connectivity index (χ3n) is 4.41. The summed E-state index contributed by atoms with van der Waals surface area (Å²) in [4.78, 5) is 12.6. The number of benzene rings is 1. The molecule has 1 aromatic carbocycles. The van der Waals surface area contributed by atoms with Gasteiger partial charge < -0.3 is 9.47 Å². The largest absolute Gasteiger partial charge is 0.496 e. The lowest BCUT2D eigenvalue weighted by atomic mass is 9.63. The molecular formula is C17H22O3. The van der Waals surface area contributed by atoms with Crippen molar-refractivity contribution in [2.75, 3.05) is 14.2 Å². The fourth-order valence-electron chi connectivity index (χ4n) is 3.18. The topological polar surface area (TPSA) is 35.5 Å². The van der Waals surface area contributed by atoms with Gasteiger partial charge in [-0.3, -0.25) is 4.79 Å². The molecule has 0 fully saturated rings. The molecule has 0 heterocycles. The fraction of sp³-hybridized carbons (Fsp3) is 0.471. The van der Waals surface area contributed by atoms with Gasteiger partial charge in [0.2, 0.25) is 0 Å². The molecule has 0 N–H and O–H groups in total. The van der Waals surface area contributed by atoms with E-state index >= 15 is 0 Å². The summed E-state index contributed by atoms with van der Waals surface area (Å²) < 4.78 is 10.6. The Kier molecular flexibility index (Phi) is 3.63. The van der Waals surface area contributed by atoms with Gasteiger partial charge >= 0.3 is 5.97 Å². The van der Waals surface area contributed by atoms with E-state index in [1.54, 1.807) is 7.11 Å². The molecule has 0 bridgehead atoms. The van der Waals surface area contributed by atoms with E-state index in [-0.39, 0.29) is 11.4 Å². The lowest BCUT2D eigenvalue weighted by molar-refractivity contribution is -0.151. The van der Waals surface area contributed by atoms with Gasteiger partial charge in [0.1, 0.15) is 11.2 Å². The molecule has 2 rings (SSSR count). The van der Waals surface area contributed by atoms with Gasteiger partial charge in [-0.1, -0.05) is 43.7 Å². The van der Waals surface area contributed by atoms with Crippen LogP contribution in [0.2, 0.25) is 0 Å². The predicted octanol–water partition coefficient (Wildman–Crippen LogP) is 3.40. The summed E-state index contributed by atoms with van der Waals surface area (Å²) in [6.45, 7) is 6.15. The molecule has 0 saturated carbocycles. The van der Waals surface area contributed by atoms with E-state index in [0.29, 0.717) is 6.42 Å². The summed E-state index contributed by atoms with van der Waals surface area (Å²) >= 11 is 0. The molecule has 0 unspecified atom stereocenters. The Morgan fingerprint density at radius 3 is 2.45 bits per heavy atom. The summed E-state index contributed by atoms with van der Waals surface area (Å²) in [5.74, 6) is 0.522. The Labute approximate surface area is 120 Å². The van der Waals surface area contributed by atoms with E-state index in [2.05, 4.69) is 26.0 Å². The summed E-state index contributed by atoms with van der Waals surface area (Å²) in [6.07, 6.45) is 4.77. The average Bonchev–Trinajstić information content (AvgIpc) is 2.74. The Hall–Kier alpha value is -1.77. The molecule has 0 amide bonds. The molecule has 0 saturated heterocycles. The number of allylic oxidation sites excluding steroid dienone is 2. The van der Waals surface area contributed by atoms with Crippen LogP contribution in [-0.2, 0) is 14.9 Å². The number of carbonyl (C=O) groups is 1. The molecule has 0 radical (unpaired) electrons. The van der Waals surface area contributed by atoms with Crippen molar-refractivity contribution < 1.29 is 14.3 Å². The maximum atomic E-state index is 12.6. The molecule has 0 aromatic heterocycles. The maximum absolute atomic E-state index is 12.6. The molecule has 1 aliphatic carbocycles. The number of esters is 1. The minimum atomic E-state index is -0.723. The van der Waals surface area contributed by atoms with Gasteiger partial charge in [-0.05, 0) is 19.4 Å². The number of rotatable bonds is 3. The van der Waals surface area contributed by atoms with Crippen LogP contribution in [0.1, 0.15) is 31.4 Å². The molecule has 1 aliphatic rings. The third kappa shape index (κ3) is 1.92. The first-order valence-corrected chi connectivity index (χ1v) is 6.80. The summed E-state index contributed by atoms with van der Waals surface area (Å²) in [6, 6.07) is 5.94. The van der Waals surface area contributed by atoms with Crippen molar-refractivity contribution in [1.82, 2.24) is 0 Å². The normalized spacial score (nSPS) is 23.6. The first-order chi connectivity index (χ1) is 9.39. The Morgan fingerprint density at radius 2 is 1.95 bits per heavy atom. The zero-order chi connectivity index (χ0) is 15.0. The van der Waals surface area contributed by atoms with Gasteiger partial charge in [-0.2, -0.15) is 0 Å². The summed E-state index contributed by atoms with van der Waals surface area (Å²) in [5.41, 5.74) is 0.967. The minimum Gasteiger partial charge on any atom is -0.496 e. The van der Waals surface area contributed by atoms with E-state index in [1.165, 1.54) is 7.11 Å². The van der Waals surface area contributed by atoms with E-state index in [1.807, 2.05) is 25.1 Å². The maximum Gasteiger partial charge on any atom is 0.317 e. The highest BCUT2D eigenvalue weighted by Crippen LogP contribution is 2.53. The van der Waals surface area contributed by atoms with Gasteiger partial charge in [0.15, 0.2) is 0 Å². The first kappa shape index (κ1) is 14.6. The van der Waals surface area contributed by atoms with Crippen molar-refractivity contribution in [2.45, 2.75) is 32.6 Å². The second-order valence-corrected chi connectivity index (χ2v) is 5.93. The van der Waals surface area contributed by atoms with Crippen LogP contribution in [0.3, 0.4) is 0 Å². The number of hydrogen-bond donors (Lipinski definition) is 0. The second kappa shape index (κ2) is 4.97. The number of methoxy groups -OCH3 is 2. The van der Waals surface area contributed by atoms with Gasteiger partial charge in [0.25, 0.3) is 0 Å². The van der Waals surface area contributed by atoms with E-state index in [4.69, 9.17) is 9.47 Å². The average molecular weight is 274 g/mol. The Morgan fingerprint density at radius 1 is 1.25 bits per heavy atom. The molecule has 0 aliphatic heterocycles. The molecule has 108 valence electrons. The van der Waals surface area contributed by atoms with Crippen LogP contribution >= 0.6 is 0 Å². The highest BCUT2D eigenvalue weighted by atomic mass is 16.5. The van der Waals surface area contributed by atoms with Crippen molar-refractivity contribution in [3.8, 4) is 5.75 Å². The molecule has 0 spiro atoms. The third-order valence-corrected chi connectivity index (χ3v) is 4.41. The van der Waals surface area contributed by atoms with Crippen LogP contribution in [0.25, 0.3) is 0 Å². The lowest BCUT2D eigenvalue weighted by Crippen LogP contribution is -2.46. The molecule has 1 aromatic rings. The zero-order valence-electron chi connectivity index (χ0n) is 12.8. The number of hydrogen-bond acceptors (Lipinski definition) is 3. The monoisotopic (exact) mass is 274 g/mol. The van der Waals surface area contributed by atoms with Gasteiger partial charge in [0.05, 0.1) is 14.2 Å². The molecule has 3 nitrogen and oxygen atoms in total.